The Morgan fingerprint density at radius 3 is 1.58 bits per heavy atom. The maximum absolute atomic E-state index is 2.47. The average molecular weight is 571 g/mol. The number of hydrogen-bond donors (Lipinski definition) is 0. The summed E-state index contributed by atoms with van der Waals surface area (Å²) in [6.45, 7) is 4.76. The van der Waals surface area contributed by atoms with E-state index in [2.05, 4.69) is 129 Å². The molecule has 0 unspecified atom stereocenters. The van der Waals surface area contributed by atoms with Gasteiger partial charge in [-0.15, -0.1) is 0 Å². The van der Waals surface area contributed by atoms with Gasteiger partial charge in [0.1, 0.15) is 0 Å². The zero-order chi connectivity index (χ0) is 24.5. The zero-order valence-electron chi connectivity index (χ0n) is 21.9. The molecule has 38 heavy (non-hydrogen) atoms. The van der Waals surface area contributed by atoms with Crippen LogP contribution >= 0.6 is 0 Å². The second-order valence-corrected chi connectivity index (χ2v) is 14.1. The third kappa shape index (κ3) is 5.21. The molecular weight excluding hydrogens is 539 g/mol. The first-order valence-electron chi connectivity index (χ1n) is 13.3. The summed E-state index contributed by atoms with van der Waals surface area (Å²) < 4.78 is 4.09. The molecule has 0 N–H and O–H groups in total. The molecule has 0 aromatic heterocycles. The molecule has 0 spiro atoms. The number of fused-ring (bicyclic) bond motifs is 3. The summed E-state index contributed by atoms with van der Waals surface area (Å²) in [6, 6.07) is 36.2. The van der Waals surface area contributed by atoms with Gasteiger partial charge in [0, 0.05) is 0 Å². The summed E-state index contributed by atoms with van der Waals surface area (Å²) in [5, 5.41) is 0. The van der Waals surface area contributed by atoms with Crippen molar-refractivity contribution in [2.75, 3.05) is 0 Å². The number of halogens is 2. The van der Waals surface area contributed by atoms with E-state index in [0.29, 0.717) is 4.22 Å². The molecule has 4 aromatic carbocycles. The first-order chi connectivity index (χ1) is 17.8. The summed E-state index contributed by atoms with van der Waals surface area (Å²) >= 11 is -1.76. The van der Waals surface area contributed by atoms with E-state index < -0.39 is 17.4 Å². The molecule has 0 radical (unpaired) electrons. The molecule has 0 nitrogen and oxygen atoms in total. The minimum absolute atomic E-state index is 0. The summed E-state index contributed by atoms with van der Waals surface area (Å²) in [5.74, 6) is 0. The number of allylic oxidation sites excluding steroid dienone is 4. The summed E-state index contributed by atoms with van der Waals surface area (Å²) in [7, 11) is 0. The van der Waals surface area contributed by atoms with E-state index in [-0.39, 0.29) is 24.8 Å². The van der Waals surface area contributed by atoms with Crippen molar-refractivity contribution in [2.45, 2.75) is 37.3 Å². The van der Waals surface area contributed by atoms with Crippen molar-refractivity contribution in [3.05, 3.63) is 130 Å². The topological polar surface area (TPSA) is 0 Å². The molecule has 6 rings (SSSR count). The first-order valence-corrected chi connectivity index (χ1v) is 15.7. The van der Waals surface area contributed by atoms with E-state index in [1.807, 2.05) is 3.81 Å². The van der Waals surface area contributed by atoms with Crippen molar-refractivity contribution in [1.82, 2.24) is 0 Å². The van der Waals surface area contributed by atoms with Gasteiger partial charge in [-0.3, -0.25) is 0 Å². The van der Waals surface area contributed by atoms with Crippen molar-refractivity contribution in [3.8, 4) is 33.4 Å². The van der Waals surface area contributed by atoms with Crippen LogP contribution in [-0.4, -0.2) is 3.81 Å². The van der Waals surface area contributed by atoms with E-state index in [4.69, 9.17) is 0 Å². The standard InChI is InChI=1S/C25H17.C5H5.C5H10.2ClH.Ti/c1-3-7-18(8-4-1)20-11-13-22-15-23-14-12-21(17-25(23)24(22)16-20)19-9-5-2-6-10-19;1-2-4-5-3-1;1-3-5-4-2;;;/h1-17H;1-3H,4H2;3-4H2,1-2H3;2*1H;/q;;;;;+2/p-2. The number of rotatable bonds is 6. The summed E-state index contributed by atoms with van der Waals surface area (Å²) in [5.41, 5.74) is 11.2. The van der Waals surface area contributed by atoms with E-state index >= 15 is 0 Å². The number of hydrogen-bond acceptors (Lipinski definition) is 0. The smallest absolute Gasteiger partial charge is 1.00 e. The van der Waals surface area contributed by atoms with Crippen molar-refractivity contribution < 1.29 is 42.2 Å². The van der Waals surface area contributed by atoms with Gasteiger partial charge in [0.15, 0.2) is 0 Å². The van der Waals surface area contributed by atoms with Crippen LogP contribution in [0.4, 0.5) is 0 Å². The normalized spacial score (nSPS) is 12.9. The minimum Gasteiger partial charge on any atom is -1.00 e. The van der Waals surface area contributed by atoms with E-state index in [9.17, 15) is 0 Å². The second kappa shape index (κ2) is 12.6. The Kier molecular flexibility index (Phi) is 9.45. The van der Waals surface area contributed by atoms with Gasteiger partial charge < -0.3 is 24.8 Å². The van der Waals surface area contributed by atoms with Gasteiger partial charge in [-0.2, -0.15) is 0 Å². The largest absolute Gasteiger partial charge is 1.00 e. The molecule has 0 saturated carbocycles. The molecule has 0 saturated heterocycles. The quantitative estimate of drug-likeness (QED) is 0.311. The van der Waals surface area contributed by atoms with Crippen LogP contribution in [0, 0.1) is 0 Å². The summed E-state index contributed by atoms with van der Waals surface area (Å²) in [4.78, 5) is 0. The molecule has 190 valence electrons. The predicted molar refractivity (Wildman–Crippen MR) is 152 cm³/mol. The fraction of sp³-hybridized carbons (Fsp3) is 0.171. The second-order valence-electron chi connectivity index (χ2n) is 9.82. The Morgan fingerprint density at radius 2 is 1.16 bits per heavy atom. The zero-order valence-corrected chi connectivity index (χ0v) is 25.0. The maximum atomic E-state index is 2.47. The Bertz CT molecular complexity index is 1420. The fourth-order valence-electron chi connectivity index (χ4n) is 6.08. The van der Waals surface area contributed by atoms with Crippen LogP contribution in [0.25, 0.3) is 33.4 Å². The summed E-state index contributed by atoms with van der Waals surface area (Å²) in [6.07, 6.45) is 10.7. The van der Waals surface area contributed by atoms with Crippen LogP contribution in [0.3, 0.4) is 0 Å². The van der Waals surface area contributed by atoms with Gasteiger partial charge in [-0.05, 0) is 0 Å². The van der Waals surface area contributed by atoms with Crippen LogP contribution in [0.15, 0.2) is 119 Å². The molecule has 4 aromatic rings. The van der Waals surface area contributed by atoms with Gasteiger partial charge in [0.2, 0.25) is 0 Å². The fourth-order valence-corrected chi connectivity index (χ4v) is 11.9. The minimum atomic E-state index is -1.76. The third-order valence-corrected chi connectivity index (χ3v) is 13.7. The Balaban J connectivity index is 0.00000168. The predicted octanol–water partition coefficient (Wildman–Crippen LogP) is 3.55. The Labute approximate surface area is 245 Å². The van der Waals surface area contributed by atoms with Crippen molar-refractivity contribution >= 4 is 3.81 Å². The van der Waals surface area contributed by atoms with E-state index in [0.717, 1.165) is 6.42 Å². The molecule has 0 fully saturated rings. The SMILES string of the molecule is CC[C](CC)=[Ti+2]([C]1=CC=CC1)[CH]1c2ccc(-c3ccccc3)cc2-c2cc(-c3ccccc3)ccc21.[Cl-].[Cl-]. The van der Waals surface area contributed by atoms with E-state index in [1.54, 1.807) is 15.0 Å². The molecule has 3 heteroatoms. The van der Waals surface area contributed by atoms with Crippen molar-refractivity contribution in [2.24, 2.45) is 0 Å². The van der Waals surface area contributed by atoms with Gasteiger partial charge >= 0.3 is 222 Å². The van der Waals surface area contributed by atoms with Gasteiger partial charge in [0.05, 0.1) is 0 Å². The van der Waals surface area contributed by atoms with Gasteiger partial charge in [0.25, 0.3) is 0 Å². The molecule has 0 aliphatic heterocycles. The molecular formula is C35H32Cl2Ti. The van der Waals surface area contributed by atoms with Crippen LogP contribution < -0.4 is 24.8 Å². The van der Waals surface area contributed by atoms with Crippen molar-refractivity contribution in [1.29, 1.82) is 0 Å². The van der Waals surface area contributed by atoms with Crippen LogP contribution in [0.5, 0.6) is 0 Å². The maximum Gasteiger partial charge on any atom is -1.00 e. The monoisotopic (exact) mass is 570 g/mol. The first kappa shape index (κ1) is 28.5. The van der Waals surface area contributed by atoms with Crippen molar-refractivity contribution in [3.63, 3.8) is 0 Å². The van der Waals surface area contributed by atoms with Crippen LogP contribution in [0.2, 0.25) is 0 Å². The molecule has 2 aliphatic rings. The Morgan fingerprint density at radius 1 is 0.658 bits per heavy atom. The molecule has 0 heterocycles. The molecule has 2 aliphatic carbocycles. The van der Waals surface area contributed by atoms with E-state index in [1.165, 1.54) is 46.2 Å². The van der Waals surface area contributed by atoms with Gasteiger partial charge in [-0.1, -0.05) is 0 Å². The van der Waals surface area contributed by atoms with Crippen LogP contribution in [-0.2, 0) is 17.4 Å². The Hall–Kier alpha value is -2.48. The third-order valence-electron chi connectivity index (χ3n) is 7.87. The average Bonchev–Trinajstić information content (AvgIpc) is 3.59. The number of benzene rings is 4. The molecule has 0 bridgehead atoms. The van der Waals surface area contributed by atoms with Crippen LogP contribution in [0.1, 0.15) is 48.5 Å². The molecule has 0 amide bonds. The van der Waals surface area contributed by atoms with Gasteiger partial charge in [-0.25, -0.2) is 0 Å². The molecule has 0 atom stereocenters.